The van der Waals surface area contributed by atoms with Crippen LogP contribution in [0, 0.1) is 0 Å². The lowest BCUT2D eigenvalue weighted by atomic mass is 9.98. The summed E-state index contributed by atoms with van der Waals surface area (Å²) in [6.07, 6.45) is 1.00. The minimum atomic E-state index is 0.819. The van der Waals surface area contributed by atoms with Crippen LogP contribution >= 0.6 is 15.9 Å². The number of nitrogens with zero attached hydrogens (tertiary/aromatic N) is 4. The van der Waals surface area contributed by atoms with E-state index in [0.717, 1.165) is 35.2 Å². The van der Waals surface area contributed by atoms with Gasteiger partial charge in [0.2, 0.25) is 0 Å². The monoisotopic (exact) mass is 356 g/mol. The van der Waals surface area contributed by atoms with E-state index < -0.39 is 0 Å². The Morgan fingerprint density at radius 2 is 1.73 bits per heavy atom. The van der Waals surface area contributed by atoms with Crippen molar-refractivity contribution in [3.63, 3.8) is 0 Å². The van der Waals surface area contributed by atoms with Crippen molar-refractivity contribution >= 4 is 15.9 Å². The van der Waals surface area contributed by atoms with Crippen molar-refractivity contribution in [2.75, 3.05) is 0 Å². The average molecular weight is 357 g/mol. The maximum absolute atomic E-state index is 4.22. The van der Waals surface area contributed by atoms with E-state index in [0.29, 0.717) is 0 Å². The fourth-order valence-electron chi connectivity index (χ4n) is 2.46. The number of aromatic nitrogens is 4. The summed E-state index contributed by atoms with van der Waals surface area (Å²) in [6, 6.07) is 16.8. The van der Waals surface area contributed by atoms with Crippen LogP contribution in [0.4, 0.5) is 0 Å². The van der Waals surface area contributed by atoms with Crippen molar-refractivity contribution in [1.82, 2.24) is 20.2 Å². The molecule has 0 unspecified atom stereocenters. The van der Waals surface area contributed by atoms with Crippen LogP contribution in [-0.2, 0) is 11.9 Å². The molecule has 1 heterocycles. The highest BCUT2D eigenvalue weighted by Gasteiger charge is 2.13. The lowest BCUT2D eigenvalue weighted by Gasteiger charge is -2.10. The van der Waals surface area contributed by atoms with Gasteiger partial charge in [0.05, 0.1) is 0 Å². The van der Waals surface area contributed by atoms with Crippen molar-refractivity contribution in [1.29, 1.82) is 0 Å². The zero-order chi connectivity index (χ0) is 15.4. The molecule has 1 aromatic heterocycles. The van der Waals surface area contributed by atoms with Gasteiger partial charge in [-0.3, -0.25) is 0 Å². The zero-order valence-corrected chi connectivity index (χ0v) is 14.0. The Hall–Kier alpha value is -2.01. The molecule has 3 rings (SSSR count). The van der Waals surface area contributed by atoms with Gasteiger partial charge in [0.15, 0.2) is 5.82 Å². The minimum Gasteiger partial charge on any atom is -0.225 e. The van der Waals surface area contributed by atoms with Crippen LogP contribution in [-0.4, -0.2) is 20.2 Å². The maximum Gasteiger partial charge on any atom is 0.182 e. The van der Waals surface area contributed by atoms with Gasteiger partial charge in [0, 0.05) is 17.4 Å². The largest absolute Gasteiger partial charge is 0.225 e. The number of rotatable bonds is 5. The highest BCUT2D eigenvalue weighted by molar-refractivity contribution is 9.08. The molecule has 0 aliphatic heterocycles. The van der Waals surface area contributed by atoms with Gasteiger partial charge in [0.1, 0.15) is 0 Å². The Morgan fingerprint density at radius 1 is 1.00 bits per heavy atom. The molecular weight excluding hydrogens is 340 g/mol. The summed E-state index contributed by atoms with van der Waals surface area (Å²) in [6.45, 7) is 2.94. The van der Waals surface area contributed by atoms with Gasteiger partial charge in [-0.2, -0.15) is 0 Å². The second kappa shape index (κ2) is 6.83. The van der Waals surface area contributed by atoms with Crippen LogP contribution in [0.2, 0.25) is 0 Å². The third kappa shape index (κ3) is 2.95. The molecule has 0 atom stereocenters. The van der Waals surface area contributed by atoms with Crippen LogP contribution in [0.1, 0.15) is 18.9 Å². The predicted molar refractivity (Wildman–Crippen MR) is 91.6 cm³/mol. The second-order valence-electron chi connectivity index (χ2n) is 5.10. The van der Waals surface area contributed by atoms with Gasteiger partial charge >= 0.3 is 0 Å². The van der Waals surface area contributed by atoms with E-state index in [9.17, 15) is 0 Å². The normalized spacial score (nSPS) is 10.8. The Kier molecular flexibility index (Phi) is 4.63. The van der Waals surface area contributed by atoms with E-state index >= 15 is 0 Å². The number of aryl methyl sites for hydroxylation is 1. The number of benzene rings is 2. The molecule has 22 heavy (non-hydrogen) atoms. The van der Waals surface area contributed by atoms with Gasteiger partial charge in [-0.1, -0.05) is 71.4 Å². The lowest BCUT2D eigenvalue weighted by molar-refractivity contribution is 0.583. The molecule has 0 amide bonds. The first-order valence-corrected chi connectivity index (χ1v) is 8.46. The topological polar surface area (TPSA) is 43.6 Å². The first kappa shape index (κ1) is 14.9. The Labute approximate surface area is 138 Å². The predicted octanol–water partition coefficient (Wildman–Crippen LogP) is 4.31. The number of tetrazole rings is 1. The van der Waals surface area contributed by atoms with Crippen molar-refractivity contribution in [3.8, 4) is 22.5 Å². The van der Waals surface area contributed by atoms with E-state index in [4.69, 9.17) is 0 Å². The van der Waals surface area contributed by atoms with Crippen molar-refractivity contribution in [2.45, 2.75) is 25.2 Å². The number of alkyl halides is 1. The summed E-state index contributed by atoms with van der Waals surface area (Å²) in [7, 11) is 0. The fraction of sp³-hybridized carbons (Fsp3) is 0.235. The number of hydrogen-bond donors (Lipinski definition) is 0. The summed E-state index contributed by atoms with van der Waals surface area (Å²) in [5.41, 5.74) is 4.65. The first-order valence-electron chi connectivity index (χ1n) is 7.34. The molecule has 0 fully saturated rings. The van der Waals surface area contributed by atoms with Gasteiger partial charge in [0.25, 0.3) is 0 Å². The second-order valence-corrected chi connectivity index (χ2v) is 5.66. The van der Waals surface area contributed by atoms with Crippen molar-refractivity contribution in [2.24, 2.45) is 0 Å². The zero-order valence-electron chi connectivity index (χ0n) is 12.4. The number of hydrogen-bond acceptors (Lipinski definition) is 3. The lowest BCUT2D eigenvalue weighted by Crippen LogP contribution is -2.02. The highest BCUT2D eigenvalue weighted by Crippen LogP contribution is 2.30. The smallest absolute Gasteiger partial charge is 0.182 e. The molecule has 0 aliphatic carbocycles. The molecule has 5 heteroatoms. The average Bonchev–Trinajstić information content (AvgIpc) is 3.03. The molecule has 0 aliphatic rings. The van der Waals surface area contributed by atoms with Gasteiger partial charge in [-0.05, 0) is 33.5 Å². The quantitative estimate of drug-likeness (QED) is 0.639. The van der Waals surface area contributed by atoms with Crippen molar-refractivity contribution in [3.05, 3.63) is 54.1 Å². The molecule has 2 aromatic carbocycles. The van der Waals surface area contributed by atoms with Crippen LogP contribution in [0.3, 0.4) is 0 Å². The summed E-state index contributed by atoms with van der Waals surface area (Å²) >= 11 is 3.48. The van der Waals surface area contributed by atoms with Crippen LogP contribution in [0.5, 0.6) is 0 Å². The summed E-state index contributed by atoms with van der Waals surface area (Å²) < 4.78 is 1.87. The Morgan fingerprint density at radius 3 is 2.41 bits per heavy atom. The minimum absolute atomic E-state index is 0.819. The van der Waals surface area contributed by atoms with Crippen LogP contribution in [0.15, 0.2) is 48.5 Å². The molecule has 0 radical (unpaired) electrons. The van der Waals surface area contributed by atoms with E-state index in [2.05, 4.69) is 74.8 Å². The summed E-state index contributed by atoms with van der Waals surface area (Å²) in [5, 5.41) is 13.0. The molecule has 0 bridgehead atoms. The first-order chi connectivity index (χ1) is 10.8. The molecule has 0 spiro atoms. The van der Waals surface area contributed by atoms with Gasteiger partial charge in [-0.15, -0.1) is 5.10 Å². The summed E-state index contributed by atoms with van der Waals surface area (Å²) in [4.78, 5) is 0. The van der Waals surface area contributed by atoms with E-state index in [1.54, 1.807) is 0 Å². The standard InChI is InChI=1S/C17H17BrN4/c1-2-11-22-17(19-20-21-22)16-6-4-3-5-15(16)14-9-7-13(12-18)8-10-14/h3-10H,2,11-12H2,1H3. The summed E-state index contributed by atoms with van der Waals surface area (Å²) in [5.74, 6) is 0.821. The molecular formula is C17H17BrN4. The van der Waals surface area contributed by atoms with Crippen LogP contribution < -0.4 is 0 Å². The van der Waals surface area contributed by atoms with E-state index in [1.165, 1.54) is 11.1 Å². The van der Waals surface area contributed by atoms with Crippen LogP contribution in [0.25, 0.3) is 22.5 Å². The van der Waals surface area contributed by atoms with Crippen molar-refractivity contribution < 1.29 is 0 Å². The molecule has 4 nitrogen and oxygen atoms in total. The van der Waals surface area contributed by atoms with Gasteiger partial charge < -0.3 is 0 Å². The fourth-order valence-corrected chi connectivity index (χ4v) is 2.84. The highest BCUT2D eigenvalue weighted by atomic mass is 79.9. The SMILES string of the molecule is CCCn1nnnc1-c1ccccc1-c1ccc(CBr)cc1. The third-order valence-electron chi connectivity index (χ3n) is 3.55. The number of halogens is 1. The molecule has 0 N–H and O–H groups in total. The Bertz CT molecular complexity index is 749. The van der Waals surface area contributed by atoms with E-state index in [-0.39, 0.29) is 0 Å². The Balaban J connectivity index is 2.07. The molecule has 3 aromatic rings. The van der Waals surface area contributed by atoms with E-state index in [1.807, 2.05) is 16.8 Å². The molecule has 0 saturated carbocycles. The maximum atomic E-state index is 4.22. The molecule has 112 valence electrons. The van der Waals surface area contributed by atoms with Gasteiger partial charge in [-0.25, -0.2) is 4.68 Å². The third-order valence-corrected chi connectivity index (χ3v) is 4.20. The molecule has 0 saturated heterocycles.